The summed E-state index contributed by atoms with van der Waals surface area (Å²) in [6.07, 6.45) is 1.78. The van der Waals surface area contributed by atoms with E-state index in [1.165, 1.54) is 27.7 Å². The molecule has 0 bridgehead atoms. The van der Waals surface area contributed by atoms with Crippen LogP contribution >= 0.6 is 7.82 Å². The molecule has 0 rings (SSSR count). The van der Waals surface area contributed by atoms with Gasteiger partial charge in [0.1, 0.15) is 0 Å². The molecule has 0 radical (unpaired) electrons. The molecule has 41 heavy (non-hydrogen) atoms. The molecule has 4 unspecified atom stereocenters. The van der Waals surface area contributed by atoms with Gasteiger partial charge in [-0.3, -0.25) is 18.6 Å². The predicted molar refractivity (Wildman–Crippen MR) is 150 cm³/mol. The van der Waals surface area contributed by atoms with Crippen molar-refractivity contribution in [2.75, 3.05) is 13.2 Å². The molecule has 0 aromatic heterocycles. The summed E-state index contributed by atoms with van der Waals surface area (Å²) in [5.41, 5.74) is 0.396. The van der Waals surface area contributed by atoms with Gasteiger partial charge in [-0.2, -0.15) is 0 Å². The van der Waals surface area contributed by atoms with Crippen LogP contribution in [0.3, 0.4) is 0 Å². The number of carbonyl (C=O) groups is 4. The van der Waals surface area contributed by atoms with E-state index in [0.29, 0.717) is 51.4 Å². The Kier molecular flexibility index (Phi) is 19.1. The van der Waals surface area contributed by atoms with Gasteiger partial charge in [0.05, 0.1) is 25.0 Å². The van der Waals surface area contributed by atoms with Gasteiger partial charge in [-0.1, -0.05) is 39.8 Å². The van der Waals surface area contributed by atoms with Crippen molar-refractivity contribution < 1.29 is 56.6 Å². The third-order valence-corrected chi connectivity index (χ3v) is 6.88. The van der Waals surface area contributed by atoms with Gasteiger partial charge in [0.15, 0.2) is 0 Å². The van der Waals surface area contributed by atoms with E-state index in [0.717, 1.165) is 0 Å². The SMILES string of the molecule is C=C(C)C(=O)OC(C)OC(=O)C(CC)CCCCOP(=O)(O)OCCCCC(CC)C(=O)OC(C)OC(=O)C(=C)C. The van der Waals surface area contributed by atoms with Crippen molar-refractivity contribution in [2.24, 2.45) is 11.8 Å². The molecule has 0 amide bonds. The largest absolute Gasteiger partial charge is 0.472 e. The molecule has 0 heterocycles. The van der Waals surface area contributed by atoms with Crippen LogP contribution in [0.5, 0.6) is 0 Å². The van der Waals surface area contributed by atoms with Crippen molar-refractivity contribution in [1.29, 1.82) is 0 Å². The van der Waals surface area contributed by atoms with Gasteiger partial charge in [0.25, 0.3) is 0 Å². The van der Waals surface area contributed by atoms with E-state index in [2.05, 4.69) is 13.2 Å². The molecule has 0 aromatic carbocycles. The zero-order valence-corrected chi connectivity index (χ0v) is 26.1. The molecular weight excluding hydrogens is 559 g/mol. The first-order chi connectivity index (χ1) is 19.1. The average Bonchev–Trinajstić information content (AvgIpc) is 2.87. The summed E-state index contributed by atoms with van der Waals surface area (Å²) in [5.74, 6) is -3.12. The fraction of sp³-hybridized carbons (Fsp3) is 0.714. The molecule has 13 heteroatoms. The van der Waals surface area contributed by atoms with Crippen molar-refractivity contribution in [1.82, 2.24) is 0 Å². The number of carbonyl (C=O) groups excluding carboxylic acids is 4. The van der Waals surface area contributed by atoms with Crippen LogP contribution in [0.1, 0.15) is 92.9 Å². The van der Waals surface area contributed by atoms with Gasteiger partial charge in [0.2, 0.25) is 12.6 Å². The van der Waals surface area contributed by atoms with Crippen LogP contribution in [-0.2, 0) is 51.7 Å². The average molecular weight is 607 g/mol. The zero-order valence-electron chi connectivity index (χ0n) is 25.2. The molecule has 4 atom stereocenters. The maximum atomic E-state index is 12.3. The highest BCUT2D eigenvalue weighted by Crippen LogP contribution is 2.43. The normalized spacial score (nSPS) is 15.4. The highest BCUT2D eigenvalue weighted by atomic mass is 31.2. The Morgan fingerprint density at radius 3 is 1.32 bits per heavy atom. The number of hydrogen-bond donors (Lipinski definition) is 1. The van der Waals surface area contributed by atoms with E-state index in [1.54, 1.807) is 0 Å². The molecule has 0 aromatic rings. The van der Waals surface area contributed by atoms with Crippen LogP contribution in [0, 0.1) is 11.8 Å². The van der Waals surface area contributed by atoms with Gasteiger partial charge in [-0.25, -0.2) is 14.2 Å². The first kappa shape index (κ1) is 38.5. The molecule has 236 valence electrons. The van der Waals surface area contributed by atoms with E-state index >= 15 is 0 Å². The Morgan fingerprint density at radius 1 is 0.683 bits per heavy atom. The number of hydrogen-bond acceptors (Lipinski definition) is 11. The third kappa shape index (κ3) is 17.8. The quantitative estimate of drug-likeness (QED) is 0.0540. The maximum absolute atomic E-state index is 12.3. The molecular formula is C28H47O12P. The fourth-order valence-corrected chi connectivity index (χ4v) is 4.22. The highest BCUT2D eigenvalue weighted by Gasteiger charge is 2.25. The Labute approximate surface area is 243 Å². The third-order valence-electron chi connectivity index (χ3n) is 5.86. The predicted octanol–water partition coefficient (Wildman–Crippen LogP) is 5.53. The van der Waals surface area contributed by atoms with Crippen molar-refractivity contribution >= 4 is 31.7 Å². The molecule has 1 N–H and O–H groups in total. The van der Waals surface area contributed by atoms with E-state index in [-0.39, 0.29) is 24.4 Å². The second-order valence-corrected chi connectivity index (χ2v) is 11.2. The Hall–Kier alpha value is -2.53. The second-order valence-electron chi connectivity index (χ2n) is 9.72. The number of unbranched alkanes of at least 4 members (excludes halogenated alkanes) is 2. The van der Waals surface area contributed by atoms with Gasteiger partial charge in [-0.15, -0.1) is 0 Å². The summed E-state index contributed by atoms with van der Waals surface area (Å²) in [7, 11) is -4.25. The molecule has 0 aliphatic carbocycles. The van der Waals surface area contributed by atoms with Gasteiger partial charge >= 0.3 is 31.7 Å². The lowest BCUT2D eigenvalue weighted by molar-refractivity contribution is -0.187. The molecule has 0 saturated heterocycles. The van der Waals surface area contributed by atoms with Crippen LogP contribution < -0.4 is 0 Å². The topological polar surface area (TPSA) is 161 Å². The number of phosphoric acid groups is 1. The van der Waals surface area contributed by atoms with E-state index in [1.807, 2.05) is 13.8 Å². The summed E-state index contributed by atoms with van der Waals surface area (Å²) in [6, 6.07) is 0. The molecule has 0 fully saturated rings. The first-order valence-electron chi connectivity index (χ1n) is 13.9. The summed E-state index contributed by atoms with van der Waals surface area (Å²) < 4.78 is 42.4. The van der Waals surface area contributed by atoms with E-state index in [9.17, 15) is 28.6 Å². The van der Waals surface area contributed by atoms with Crippen LogP contribution in [0.15, 0.2) is 24.3 Å². The van der Waals surface area contributed by atoms with Crippen LogP contribution in [0.25, 0.3) is 0 Å². The van der Waals surface area contributed by atoms with E-state index in [4.69, 9.17) is 28.0 Å². The monoisotopic (exact) mass is 606 g/mol. The Morgan fingerprint density at radius 2 is 1.02 bits per heavy atom. The standard InChI is InChI=1S/C28H47O12P/c1-9-23(27(31)39-21(7)37-25(29)19(3)4)15-11-13-17-35-41(33,34)36-18-14-12-16-24(10-2)28(32)40-22(8)38-26(30)20(5)6/h21-24H,3,5,9-18H2,1-2,4,6-8H3,(H,33,34). The molecule has 0 spiro atoms. The van der Waals surface area contributed by atoms with E-state index < -0.39 is 56.1 Å². The summed E-state index contributed by atoms with van der Waals surface area (Å²) >= 11 is 0. The number of phosphoric ester groups is 1. The highest BCUT2D eigenvalue weighted by molar-refractivity contribution is 7.47. The van der Waals surface area contributed by atoms with Crippen LogP contribution in [0.4, 0.5) is 0 Å². The van der Waals surface area contributed by atoms with Crippen molar-refractivity contribution in [2.45, 2.75) is 105 Å². The summed E-state index contributed by atoms with van der Waals surface area (Å²) in [5, 5.41) is 0. The summed E-state index contributed by atoms with van der Waals surface area (Å²) in [4.78, 5) is 57.6. The van der Waals surface area contributed by atoms with Gasteiger partial charge in [-0.05, 0) is 52.4 Å². The van der Waals surface area contributed by atoms with Crippen LogP contribution in [0.2, 0.25) is 0 Å². The fourth-order valence-electron chi connectivity index (χ4n) is 3.43. The van der Waals surface area contributed by atoms with Crippen molar-refractivity contribution in [3.8, 4) is 0 Å². The van der Waals surface area contributed by atoms with Crippen molar-refractivity contribution in [3.63, 3.8) is 0 Å². The lowest BCUT2D eigenvalue weighted by Crippen LogP contribution is -2.26. The van der Waals surface area contributed by atoms with Gasteiger partial charge in [0, 0.05) is 25.0 Å². The minimum absolute atomic E-state index is 0.0379. The molecule has 0 aliphatic heterocycles. The Bertz CT molecular complexity index is 861. The van der Waals surface area contributed by atoms with Crippen LogP contribution in [-0.4, -0.2) is 54.6 Å². The number of esters is 4. The minimum atomic E-state index is -4.25. The number of rotatable bonds is 22. The van der Waals surface area contributed by atoms with Gasteiger partial charge < -0.3 is 23.8 Å². The first-order valence-corrected chi connectivity index (χ1v) is 15.4. The van der Waals surface area contributed by atoms with Crippen molar-refractivity contribution in [3.05, 3.63) is 24.3 Å². The minimum Gasteiger partial charge on any atom is -0.425 e. The Balaban J connectivity index is 4.25. The molecule has 0 saturated carbocycles. The smallest absolute Gasteiger partial charge is 0.425 e. The molecule has 12 nitrogen and oxygen atoms in total. The lowest BCUT2D eigenvalue weighted by atomic mass is 9.99. The molecule has 0 aliphatic rings. The zero-order chi connectivity index (χ0) is 31.6. The second kappa shape index (κ2) is 20.4. The summed E-state index contributed by atoms with van der Waals surface area (Å²) in [6.45, 7) is 16.4. The lowest BCUT2D eigenvalue weighted by Gasteiger charge is -2.19. The maximum Gasteiger partial charge on any atom is 0.472 e. The number of ether oxygens (including phenoxy) is 4.